The fourth-order valence-electron chi connectivity index (χ4n) is 1.63. The highest BCUT2D eigenvalue weighted by molar-refractivity contribution is 7.89. The third-order valence-electron chi connectivity index (χ3n) is 2.68. The molecule has 7 heteroatoms. The Balaban J connectivity index is 0.00000225. The molecule has 1 heterocycles. The molecule has 0 spiro atoms. The summed E-state index contributed by atoms with van der Waals surface area (Å²) in [6.07, 6.45) is 0.893. The summed E-state index contributed by atoms with van der Waals surface area (Å²) in [5, 5.41) is 3.16. The predicted octanol–water partition coefficient (Wildman–Crippen LogP) is 0.0682. The molecule has 0 aromatic rings. The fraction of sp³-hybridized carbons (Fsp3) is 1.00. The van der Waals surface area contributed by atoms with E-state index in [9.17, 15) is 8.42 Å². The maximum Gasteiger partial charge on any atom is 0.216 e. The first-order valence-corrected chi connectivity index (χ1v) is 6.93. The van der Waals surface area contributed by atoms with E-state index in [1.54, 1.807) is 7.05 Å². The predicted molar refractivity (Wildman–Crippen MR) is 66.6 cm³/mol. The maximum atomic E-state index is 11.8. The second-order valence-corrected chi connectivity index (χ2v) is 5.82. The number of likely N-dealkylation sites (N-methyl/N-ethyl adjacent to an activating group) is 1. The lowest BCUT2D eigenvalue weighted by atomic mass is 10.3. The van der Waals surface area contributed by atoms with Crippen molar-refractivity contribution < 1.29 is 13.2 Å². The minimum absolute atomic E-state index is 0. The molecule has 0 saturated carbocycles. The van der Waals surface area contributed by atoms with Crippen molar-refractivity contribution in [3.8, 4) is 0 Å². The molecule has 1 unspecified atom stereocenters. The van der Waals surface area contributed by atoms with Crippen LogP contribution in [0.4, 0.5) is 0 Å². The smallest absolute Gasteiger partial charge is 0.216 e. The van der Waals surface area contributed by atoms with E-state index in [1.165, 1.54) is 4.31 Å². The summed E-state index contributed by atoms with van der Waals surface area (Å²) in [5.41, 5.74) is 0. The van der Waals surface area contributed by atoms with E-state index in [0.717, 1.165) is 19.5 Å². The van der Waals surface area contributed by atoms with E-state index in [2.05, 4.69) is 5.32 Å². The van der Waals surface area contributed by atoms with Gasteiger partial charge in [-0.2, -0.15) is 0 Å². The van der Waals surface area contributed by atoms with Gasteiger partial charge >= 0.3 is 0 Å². The van der Waals surface area contributed by atoms with Gasteiger partial charge < -0.3 is 10.1 Å². The molecule has 0 amide bonds. The molecule has 0 aromatic carbocycles. The molecule has 0 aromatic heterocycles. The van der Waals surface area contributed by atoms with Gasteiger partial charge in [0.15, 0.2) is 0 Å². The summed E-state index contributed by atoms with van der Waals surface area (Å²) in [6, 6.07) is 0.108. The number of halogens is 1. The van der Waals surface area contributed by atoms with Crippen LogP contribution in [-0.4, -0.2) is 57.9 Å². The van der Waals surface area contributed by atoms with Gasteiger partial charge in [0, 0.05) is 26.2 Å². The highest BCUT2D eigenvalue weighted by atomic mass is 35.5. The van der Waals surface area contributed by atoms with Crippen LogP contribution >= 0.6 is 12.4 Å². The fourth-order valence-corrected chi connectivity index (χ4v) is 2.88. The minimum Gasteiger partial charge on any atom is -0.381 e. The second kappa shape index (κ2) is 7.45. The molecule has 1 aliphatic heterocycles. The number of sulfonamides is 1. The Hall–Kier alpha value is 0.120. The van der Waals surface area contributed by atoms with Crippen LogP contribution in [0.15, 0.2) is 0 Å². The largest absolute Gasteiger partial charge is 0.381 e. The number of ether oxygens (including phenoxy) is 1. The maximum absolute atomic E-state index is 11.8. The van der Waals surface area contributed by atoms with Crippen LogP contribution < -0.4 is 5.32 Å². The number of hydrogen-bond acceptors (Lipinski definition) is 4. The first-order chi connectivity index (χ1) is 7.08. The Morgan fingerprint density at radius 1 is 1.50 bits per heavy atom. The topological polar surface area (TPSA) is 58.6 Å². The molecule has 1 atom stereocenters. The van der Waals surface area contributed by atoms with Gasteiger partial charge in [-0.25, -0.2) is 12.7 Å². The van der Waals surface area contributed by atoms with Gasteiger partial charge in [0.1, 0.15) is 0 Å². The van der Waals surface area contributed by atoms with Gasteiger partial charge in [-0.05, 0) is 19.9 Å². The Labute approximate surface area is 104 Å². The van der Waals surface area contributed by atoms with E-state index >= 15 is 0 Å². The lowest BCUT2D eigenvalue weighted by molar-refractivity contribution is 0.162. The standard InChI is InChI=1S/C9H20N2O3S.ClH/c1-3-14-6-7-15(12,13)11(2)9-4-5-10-8-9;/h9-10H,3-8H2,1-2H3;1H. The monoisotopic (exact) mass is 272 g/mol. The third kappa shape index (κ3) is 4.55. The van der Waals surface area contributed by atoms with Gasteiger partial charge in [0.25, 0.3) is 0 Å². The Bertz CT molecular complexity index is 278. The van der Waals surface area contributed by atoms with Gasteiger partial charge in [0.2, 0.25) is 10.0 Å². The average molecular weight is 273 g/mol. The zero-order valence-electron chi connectivity index (χ0n) is 9.81. The summed E-state index contributed by atoms with van der Waals surface area (Å²) in [7, 11) is -1.50. The summed E-state index contributed by atoms with van der Waals surface area (Å²) in [6.45, 7) is 4.35. The van der Waals surface area contributed by atoms with Gasteiger partial charge in [-0.3, -0.25) is 0 Å². The van der Waals surface area contributed by atoms with Crippen LogP contribution in [-0.2, 0) is 14.8 Å². The Kier molecular flexibility index (Phi) is 7.50. The van der Waals surface area contributed by atoms with Crippen LogP contribution in [0.1, 0.15) is 13.3 Å². The van der Waals surface area contributed by atoms with E-state index in [0.29, 0.717) is 6.61 Å². The number of nitrogens with one attached hydrogen (secondary N) is 1. The lowest BCUT2D eigenvalue weighted by Crippen LogP contribution is -2.40. The van der Waals surface area contributed by atoms with Crippen LogP contribution in [0.25, 0.3) is 0 Å². The van der Waals surface area contributed by atoms with Crippen molar-refractivity contribution >= 4 is 22.4 Å². The first kappa shape index (κ1) is 16.1. The summed E-state index contributed by atoms with van der Waals surface area (Å²) < 4.78 is 30.2. The Morgan fingerprint density at radius 3 is 2.69 bits per heavy atom. The van der Waals surface area contributed by atoms with Crippen molar-refractivity contribution in [3.63, 3.8) is 0 Å². The quantitative estimate of drug-likeness (QED) is 0.695. The molecule has 16 heavy (non-hydrogen) atoms. The van der Waals surface area contributed by atoms with Crippen LogP contribution in [0.2, 0.25) is 0 Å². The van der Waals surface area contributed by atoms with Gasteiger partial charge in [0.05, 0.1) is 12.4 Å². The minimum atomic E-state index is -3.15. The number of nitrogens with zero attached hydrogens (tertiary/aromatic N) is 1. The van der Waals surface area contributed by atoms with E-state index in [-0.39, 0.29) is 30.8 Å². The van der Waals surface area contributed by atoms with Crippen LogP contribution in [0.5, 0.6) is 0 Å². The van der Waals surface area contributed by atoms with E-state index in [1.807, 2.05) is 6.92 Å². The summed E-state index contributed by atoms with van der Waals surface area (Å²) in [4.78, 5) is 0. The van der Waals surface area contributed by atoms with Crippen molar-refractivity contribution in [2.24, 2.45) is 0 Å². The molecular formula is C9H21ClN2O3S. The van der Waals surface area contributed by atoms with Crippen molar-refractivity contribution in [3.05, 3.63) is 0 Å². The molecular weight excluding hydrogens is 252 g/mol. The first-order valence-electron chi connectivity index (χ1n) is 5.32. The highest BCUT2D eigenvalue weighted by Gasteiger charge is 2.27. The SMILES string of the molecule is CCOCCS(=O)(=O)N(C)C1CCNC1.Cl. The third-order valence-corrected chi connectivity index (χ3v) is 4.54. The molecule has 0 radical (unpaired) electrons. The summed E-state index contributed by atoms with van der Waals surface area (Å²) in [5.74, 6) is 0.0772. The molecule has 0 bridgehead atoms. The summed E-state index contributed by atoms with van der Waals surface area (Å²) >= 11 is 0. The van der Waals surface area contributed by atoms with Crippen molar-refractivity contribution in [1.82, 2.24) is 9.62 Å². The van der Waals surface area contributed by atoms with E-state index < -0.39 is 10.0 Å². The molecule has 1 rings (SSSR count). The highest BCUT2D eigenvalue weighted by Crippen LogP contribution is 2.11. The number of rotatable bonds is 6. The van der Waals surface area contributed by atoms with E-state index in [4.69, 9.17) is 4.74 Å². The van der Waals surface area contributed by atoms with Crippen LogP contribution in [0, 0.1) is 0 Å². The van der Waals surface area contributed by atoms with Crippen LogP contribution in [0.3, 0.4) is 0 Å². The normalized spacial score (nSPS) is 21.1. The molecule has 1 N–H and O–H groups in total. The molecule has 98 valence electrons. The average Bonchev–Trinajstić information content (AvgIpc) is 2.69. The molecule has 1 aliphatic rings. The molecule has 5 nitrogen and oxygen atoms in total. The Morgan fingerprint density at radius 2 is 2.19 bits per heavy atom. The van der Waals surface area contributed by atoms with Crippen molar-refractivity contribution in [2.75, 3.05) is 39.1 Å². The van der Waals surface area contributed by atoms with Gasteiger partial charge in [-0.15, -0.1) is 12.4 Å². The van der Waals surface area contributed by atoms with Crippen molar-refractivity contribution in [2.45, 2.75) is 19.4 Å². The van der Waals surface area contributed by atoms with Crippen molar-refractivity contribution in [1.29, 1.82) is 0 Å². The molecule has 1 fully saturated rings. The zero-order valence-corrected chi connectivity index (χ0v) is 11.4. The second-order valence-electron chi connectivity index (χ2n) is 3.68. The molecule has 0 aliphatic carbocycles. The van der Waals surface area contributed by atoms with Gasteiger partial charge in [-0.1, -0.05) is 0 Å². The number of hydrogen-bond donors (Lipinski definition) is 1. The zero-order chi connectivity index (χ0) is 11.3. The molecule has 1 saturated heterocycles. The lowest BCUT2D eigenvalue weighted by Gasteiger charge is -2.22.